The van der Waals surface area contributed by atoms with Crippen LogP contribution in [0.15, 0.2) is 12.2 Å². The Morgan fingerprint density at radius 2 is 1.72 bits per heavy atom. The number of carbonyl (C=O) groups excluding carboxylic acids is 3. The van der Waals surface area contributed by atoms with Gasteiger partial charge in [0.2, 0.25) is 5.91 Å². The highest BCUT2D eigenvalue weighted by Crippen LogP contribution is 2.13. The van der Waals surface area contributed by atoms with Gasteiger partial charge in [0.25, 0.3) is 0 Å². The van der Waals surface area contributed by atoms with E-state index in [0.29, 0.717) is 12.8 Å². The van der Waals surface area contributed by atoms with E-state index in [4.69, 9.17) is 0 Å². The number of hydrogen-bond acceptors (Lipinski definition) is 3. The van der Waals surface area contributed by atoms with Gasteiger partial charge in [-0.05, 0) is 19.4 Å². The van der Waals surface area contributed by atoms with Gasteiger partial charge in [-0.25, -0.2) is 0 Å². The van der Waals surface area contributed by atoms with Crippen LogP contribution in [0.1, 0.15) is 47.0 Å². The molecule has 0 bridgehead atoms. The van der Waals surface area contributed by atoms with E-state index in [2.05, 4.69) is 5.32 Å². The normalized spacial score (nSPS) is 11.6. The molecule has 0 aromatic rings. The summed E-state index contributed by atoms with van der Waals surface area (Å²) in [5, 5.41) is 2.58. The summed E-state index contributed by atoms with van der Waals surface area (Å²) >= 11 is 0. The minimum absolute atomic E-state index is 0.000780. The molecule has 0 heterocycles. The van der Waals surface area contributed by atoms with E-state index in [0.717, 1.165) is 0 Å². The summed E-state index contributed by atoms with van der Waals surface area (Å²) in [5.41, 5.74) is -0.435. The topological polar surface area (TPSA) is 63.2 Å². The van der Waals surface area contributed by atoms with Gasteiger partial charge in [-0.2, -0.15) is 0 Å². The zero-order valence-electron chi connectivity index (χ0n) is 11.7. The second-order valence-electron chi connectivity index (χ2n) is 5.27. The molecule has 0 spiro atoms. The van der Waals surface area contributed by atoms with Crippen LogP contribution in [0.4, 0.5) is 0 Å². The molecule has 1 amide bonds. The average Bonchev–Trinajstić information content (AvgIpc) is 2.24. The zero-order chi connectivity index (χ0) is 14.2. The third-order valence-corrected chi connectivity index (χ3v) is 2.46. The summed E-state index contributed by atoms with van der Waals surface area (Å²) in [7, 11) is 0. The molecule has 4 heteroatoms. The van der Waals surface area contributed by atoms with E-state index >= 15 is 0 Å². The molecule has 18 heavy (non-hydrogen) atoms. The first-order chi connectivity index (χ1) is 8.27. The van der Waals surface area contributed by atoms with Crippen LogP contribution in [-0.2, 0) is 14.4 Å². The van der Waals surface area contributed by atoms with Crippen molar-refractivity contribution in [2.75, 3.05) is 6.54 Å². The van der Waals surface area contributed by atoms with Gasteiger partial charge < -0.3 is 5.32 Å². The van der Waals surface area contributed by atoms with Gasteiger partial charge in [-0.15, -0.1) is 0 Å². The van der Waals surface area contributed by atoms with Gasteiger partial charge in [0, 0.05) is 18.3 Å². The van der Waals surface area contributed by atoms with Crippen LogP contribution in [0.3, 0.4) is 0 Å². The van der Waals surface area contributed by atoms with E-state index in [-0.39, 0.29) is 30.4 Å². The average molecular weight is 253 g/mol. The number of amides is 1. The Labute approximate surface area is 109 Å². The third kappa shape index (κ3) is 7.76. The molecule has 0 unspecified atom stereocenters. The number of hydrogen-bond donors (Lipinski definition) is 1. The smallest absolute Gasteiger partial charge is 0.220 e. The summed E-state index contributed by atoms with van der Waals surface area (Å²) in [6, 6.07) is 0. The molecule has 102 valence electrons. The molecule has 0 aliphatic heterocycles. The molecular weight excluding hydrogens is 230 g/mol. The fourth-order valence-electron chi connectivity index (χ4n) is 1.22. The van der Waals surface area contributed by atoms with Crippen LogP contribution >= 0.6 is 0 Å². The third-order valence-electron chi connectivity index (χ3n) is 2.46. The molecule has 0 aromatic carbocycles. The van der Waals surface area contributed by atoms with Gasteiger partial charge in [0.1, 0.15) is 0 Å². The van der Waals surface area contributed by atoms with E-state index in [1.807, 2.05) is 20.8 Å². The first-order valence-electron chi connectivity index (χ1n) is 6.23. The molecule has 0 aromatic heterocycles. The Morgan fingerprint density at radius 3 is 2.22 bits per heavy atom. The van der Waals surface area contributed by atoms with Crippen molar-refractivity contribution in [2.45, 2.75) is 47.0 Å². The number of allylic oxidation sites excluding steroid dienone is 2. The fourth-order valence-corrected chi connectivity index (χ4v) is 1.22. The predicted octanol–water partition coefficient (Wildman–Crippen LogP) is 2.03. The zero-order valence-corrected chi connectivity index (χ0v) is 11.7. The van der Waals surface area contributed by atoms with E-state index < -0.39 is 5.41 Å². The van der Waals surface area contributed by atoms with Crippen LogP contribution in [0, 0.1) is 5.41 Å². The fraction of sp³-hybridized carbons (Fsp3) is 0.643. The molecule has 0 radical (unpaired) electrons. The van der Waals surface area contributed by atoms with Gasteiger partial charge in [-0.3, -0.25) is 14.4 Å². The lowest BCUT2D eigenvalue weighted by Crippen LogP contribution is -2.35. The number of Topliss-reactive ketones (excluding diaryl/α,β-unsaturated/α-hetero) is 1. The Kier molecular flexibility index (Phi) is 7.17. The van der Waals surface area contributed by atoms with Crippen molar-refractivity contribution in [3.63, 3.8) is 0 Å². The predicted molar refractivity (Wildman–Crippen MR) is 71.1 cm³/mol. The molecule has 0 saturated heterocycles. The first-order valence-corrected chi connectivity index (χ1v) is 6.23. The van der Waals surface area contributed by atoms with Crippen LogP contribution in [0.5, 0.6) is 0 Å². The monoisotopic (exact) mass is 253 g/mol. The SMILES string of the molecule is C/C=C/C(=O)CCCC(=O)NCC(=O)C(C)(C)C. The standard InChI is InChI=1S/C14H23NO3/c1-5-7-11(16)8-6-9-13(18)15-10-12(17)14(2,3)4/h5,7H,6,8-10H2,1-4H3,(H,15,18)/b7-5+. The first kappa shape index (κ1) is 16.6. The lowest BCUT2D eigenvalue weighted by atomic mass is 9.91. The summed E-state index contributed by atoms with van der Waals surface area (Å²) in [6.45, 7) is 7.29. The van der Waals surface area contributed by atoms with Gasteiger partial charge in [-0.1, -0.05) is 26.8 Å². The number of rotatable bonds is 7. The molecular formula is C14H23NO3. The highest BCUT2D eigenvalue weighted by atomic mass is 16.2. The Bertz CT molecular complexity index is 337. The maximum Gasteiger partial charge on any atom is 0.220 e. The van der Waals surface area contributed by atoms with Crippen LogP contribution < -0.4 is 5.32 Å². The summed E-state index contributed by atoms with van der Waals surface area (Å²) in [6.07, 6.45) is 4.34. The second-order valence-corrected chi connectivity index (χ2v) is 5.27. The number of ketones is 2. The number of carbonyl (C=O) groups is 3. The van der Waals surface area contributed by atoms with Crippen molar-refractivity contribution in [3.8, 4) is 0 Å². The summed E-state index contributed by atoms with van der Waals surface area (Å²) in [5.74, 6) is -0.155. The minimum atomic E-state index is -0.435. The molecule has 0 rings (SSSR count). The van der Waals surface area contributed by atoms with E-state index in [1.165, 1.54) is 6.08 Å². The second kappa shape index (κ2) is 7.80. The highest BCUT2D eigenvalue weighted by molar-refractivity contribution is 5.91. The highest BCUT2D eigenvalue weighted by Gasteiger charge is 2.21. The molecule has 0 atom stereocenters. The quantitative estimate of drug-likeness (QED) is 0.706. The lowest BCUT2D eigenvalue weighted by Gasteiger charge is -2.16. The van der Waals surface area contributed by atoms with Crippen molar-refractivity contribution in [1.82, 2.24) is 5.32 Å². The minimum Gasteiger partial charge on any atom is -0.349 e. The molecule has 0 saturated carbocycles. The van der Waals surface area contributed by atoms with Crippen LogP contribution in [-0.4, -0.2) is 24.0 Å². The molecule has 0 fully saturated rings. The Balaban J connectivity index is 3.80. The van der Waals surface area contributed by atoms with E-state index in [9.17, 15) is 14.4 Å². The van der Waals surface area contributed by atoms with E-state index in [1.54, 1.807) is 13.0 Å². The molecule has 0 aliphatic rings. The Morgan fingerprint density at radius 1 is 1.11 bits per heavy atom. The van der Waals surface area contributed by atoms with Crippen LogP contribution in [0.2, 0.25) is 0 Å². The van der Waals surface area contributed by atoms with Gasteiger partial charge in [0.15, 0.2) is 11.6 Å². The van der Waals surface area contributed by atoms with Crippen molar-refractivity contribution >= 4 is 17.5 Å². The molecule has 0 aliphatic carbocycles. The Hall–Kier alpha value is -1.45. The van der Waals surface area contributed by atoms with Crippen molar-refractivity contribution in [2.24, 2.45) is 5.41 Å². The molecule has 4 nitrogen and oxygen atoms in total. The van der Waals surface area contributed by atoms with Crippen molar-refractivity contribution in [3.05, 3.63) is 12.2 Å². The van der Waals surface area contributed by atoms with Gasteiger partial charge in [0.05, 0.1) is 6.54 Å². The number of nitrogens with one attached hydrogen (secondary N) is 1. The summed E-state index contributed by atoms with van der Waals surface area (Å²) < 4.78 is 0. The maximum atomic E-state index is 11.6. The molecule has 1 N–H and O–H groups in total. The largest absolute Gasteiger partial charge is 0.349 e. The van der Waals surface area contributed by atoms with Gasteiger partial charge >= 0.3 is 0 Å². The van der Waals surface area contributed by atoms with Crippen LogP contribution in [0.25, 0.3) is 0 Å². The van der Waals surface area contributed by atoms with Crippen molar-refractivity contribution < 1.29 is 14.4 Å². The maximum absolute atomic E-state index is 11.6. The van der Waals surface area contributed by atoms with Crippen molar-refractivity contribution in [1.29, 1.82) is 0 Å². The summed E-state index contributed by atoms with van der Waals surface area (Å²) in [4.78, 5) is 34.1. The lowest BCUT2D eigenvalue weighted by molar-refractivity contribution is -0.129.